The summed E-state index contributed by atoms with van der Waals surface area (Å²) < 4.78 is 0. The first-order valence-electron chi connectivity index (χ1n) is 9.69. The second-order valence-electron chi connectivity index (χ2n) is 7.09. The van der Waals surface area contributed by atoms with Crippen molar-refractivity contribution >= 4 is 34.6 Å². The molecule has 0 aliphatic carbocycles. The number of aryl methyl sites for hydroxylation is 1. The Morgan fingerprint density at radius 2 is 1.90 bits per heavy atom. The summed E-state index contributed by atoms with van der Waals surface area (Å²) in [5.41, 5.74) is 4.29. The minimum absolute atomic E-state index is 0.0841. The summed E-state index contributed by atoms with van der Waals surface area (Å²) in [6.45, 7) is 3.17. The smallest absolute Gasteiger partial charge is 0.326 e. The van der Waals surface area contributed by atoms with Crippen molar-refractivity contribution in [3.63, 3.8) is 0 Å². The van der Waals surface area contributed by atoms with E-state index in [9.17, 15) is 9.59 Å². The van der Waals surface area contributed by atoms with Gasteiger partial charge in [-0.1, -0.05) is 29.8 Å². The number of thiophene rings is 1. The number of hydrogen-bond acceptors (Lipinski definition) is 3. The fourth-order valence-electron chi connectivity index (χ4n) is 3.54. The van der Waals surface area contributed by atoms with Crippen LogP contribution in [0.1, 0.15) is 26.4 Å². The quantitative estimate of drug-likeness (QED) is 0.650. The lowest BCUT2D eigenvalue weighted by Crippen LogP contribution is -2.33. The van der Waals surface area contributed by atoms with E-state index in [4.69, 9.17) is 0 Å². The topological polar surface area (TPSA) is 61.4 Å². The van der Waals surface area contributed by atoms with Gasteiger partial charge in [0.1, 0.15) is 0 Å². The highest BCUT2D eigenvalue weighted by Gasteiger charge is 2.28. The number of carbonyl (C=O) groups is 2. The van der Waals surface area contributed by atoms with Crippen LogP contribution in [-0.4, -0.2) is 25.0 Å². The first-order valence-corrected chi connectivity index (χ1v) is 10.6. The molecule has 0 atom stereocenters. The Balaban J connectivity index is 1.44. The fourth-order valence-corrected chi connectivity index (χ4v) is 4.24. The number of amides is 3. The van der Waals surface area contributed by atoms with E-state index in [2.05, 4.69) is 16.7 Å². The van der Waals surface area contributed by atoms with Crippen LogP contribution >= 0.6 is 11.3 Å². The summed E-state index contributed by atoms with van der Waals surface area (Å²) in [7, 11) is 0. The molecular weight excluding hydrogens is 382 g/mol. The molecule has 2 aromatic carbocycles. The molecule has 0 radical (unpaired) electrons. The molecule has 3 amide bonds. The summed E-state index contributed by atoms with van der Waals surface area (Å²) in [4.78, 5) is 28.4. The van der Waals surface area contributed by atoms with E-state index in [1.54, 1.807) is 16.2 Å². The molecular formula is C23H23N3O2S. The van der Waals surface area contributed by atoms with Crippen molar-refractivity contribution in [1.82, 2.24) is 5.32 Å². The van der Waals surface area contributed by atoms with Crippen LogP contribution in [-0.2, 0) is 12.8 Å². The molecule has 0 bridgehead atoms. The molecule has 3 aromatic rings. The number of fused-ring (bicyclic) bond motifs is 1. The van der Waals surface area contributed by atoms with Crippen LogP contribution in [0.4, 0.5) is 16.2 Å². The molecule has 0 saturated heterocycles. The highest BCUT2D eigenvalue weighted by molar-refractivity contribution is 7.09. The average Bonchev–Trinajstić information content (AvgIpc) is 3.39. The van der Waals surface area contributed by atoms with Crippen molar-refractivity contribution in [2.45, 2.75) is 19.8 Å². The standard InChI is InChI=1S/C23H23N3O2S/c1-16-7-9-17(10-8-16)25-23(28)26-14-12-19-20(5-2-6-21(19)26)22(27)24-13-11-18-4-3-15-29-18/h2-10,15H,11-14H2,1H3,(H,24,27)(H,25,28). The van der Waals surface area contributed by atoms with E-state index >= 15 is 0 Å². The molecule has 0 saturated carbocycles. The zero-order valence-electron chi connectivity index (χ0n) is 16.3. The molecule has 5 nitrogen and oxygen atoms in total. The van der Waals surface area contributed by atoms with Gasteiger partial charge in [-0.3, -0.25) is 9.69 Å². The number of urea groups is 1. The molecule has 148 valence electrons. The van der Waals surface area contributed by atoms with Gasteiger partial charge in [0, 0.05) is 34.9 Å². The third kappa shape index (κ3) is 4.32. The van der Waals surface area contributed by atoms with Crippen molar-refractivity contribution in [2.75, 3.05) is 23.3 Å². The van der Waals surface area contributed by atoms with Crippen LogP contribution in [0, 0.1) is 6.92 Å². The maximum atomic E-state index is 12.8. The second-order valence-corrected chi connectivity index (χ2v) is 8.12. The maximum Gasteiger partial charge on any atom is 0.326 e. The van der Waals surface area contributed by atoms with E-state index < -0.39 is 0 Å². The lowest BCUT2D eigenvalue weighted by molar-refractivity contribution is 0.0953. The number of carbonyl (C=O) groups excluding carboxylic acids is 2. The van der Waals surface area contributed by atoms with Gasteiger partial charge in [0.2, 0.25) is 0 Å². The van der Waals surface area contributed by atoms with Crippen LogP contribution < -0.4 is 15.5 Å². The minimum Gasteiger partial charge on any atom is -0.352 e. The van der Waals surface area contributed by atoms with Crippen molar-refractivity contribution in [2.24, 2.45) is 0 Å². The van der Waals surface area contributed by atoms with E-state index in [-0.39, 0.29) is 11.9 Å². The van der Waals surface area contributed by atoms with Gasteiger partial charge in [-0.25, -0.2) is 4.79 Å². The molecule has 1 aliphatic heterocycles. The van der Waals surface area contributed by atoms with Crippen LogP contribution in [0.3, 0.4) is 0 Å². The van der Waals surface area contributed by atoms with Crippen LogP contribution in [0.2, 0.25) is 0 Å². The number of hydrogen-bond donors (Lipinski definition) is 2. The van der Waals surface area contributed by atoms with Gasteiger partial charge in [0.25, 0.3) is 5.91 Å². The second kappa shape index (κ2) is 8.49. The van der Waals surface area contributed by atoms with E-state index in [0.717, 1.165) is 28.9 Å². The molecule has 4 rings (SSSR count). The summed E-state index contributed by atoms with van der Waals surface area (Å²) >= 11 is 1.69. The van der Waals surface area contributed by atoms with E-state index in [1.807, 2.05) is 60.8 Å². The predicted octanol–water partition coefficient (Wildman–Crippen LogP) is 4.62. The SMILES string of the molecule is Cc1ccc(NC(=O)N2CCc3c(C(=O)NCCc4cccs4)cccc32)cc1. The minimum atomic E-state index is -0.178. The maximum absolute atomic E-state index is 12.8. The Labute approximate surface area is 174 Å². The van der Waals surface area contributed by atoms with Crippen molar-refractivity contribution in [3.05, 3.63) is 81.5 Å². The number of anilines is 2. The molecule has 1 aliphatic rings. The number of nitrogens with one attached hydrogen (secondary N) is 2. The fraction of sp³-hybridized carbons (Fsp3) is 0.217. The summed E-state index contributed by atoms with van der Waals surface area (Å²) in [6.07, 6.45) is 1.49. The van der Waals surface area contributed by atoms with Crippen LogP contribution in [0.5, 0.6) is 0 Å². The van der Waals surface area contributed by atoms with Gasteiger partial charge < -0.3 is 10.6 Å². The Bertz CT molecular complexity index is 1010. The summed E-state index contributed by atoms with van der Waals surface area (Å²) in [5.74, 6) is -0.0841. The van der Waals surface area contributed by atoms with Crippen molar-refractivity contribution in [3.8, 4) is 0 Å². The molecule has 1 aromatic heterocycles. The third-order valence-corrected chi connectivity index (χ3v) is 5.99. The Hall–Kier alpha value is -3.12. The van der Waals surface area contributed by atoms with Crippen molar-refractivity contribution in [1.29, 1.82) is 0 Å². The Morgan fingerprint density at radius 1 is 1.07 bits per heavy atom. The zero-order valence-corrected chi connectivity index (χ0v) is 17.1. The van der Waals surface area contributed by atoms with Crippen LogP contribution in [0.25, 0.3) is 0 Å². The molecule has 2 heterocycles. The summed E-state index contributed by atoms with van der Waals surface area (Å²) in [6, 6.07) is 17.2. The zero-order chi connectivity index (χ0) is 20.2. The van der Waals surface area contributed by atoms with Gasteiger partial charge >= 0.3 is 6.03 Å². The molecule has 0 spiro atoms. The third-order valence-electron chi connectivity index (χ3n) is 5.06. The lowest BCUT2D eigenvalue weighted by atomic mass is 10.0. The molecule has 29 heavy (non-hydrogen) atoms. The molecule has 6 heteroatoms. The van der Waals surface area contributed by atoms with Gasteiger partial charge in [-0.05, 0) is 61.0 Å². The van der Waals surface area contributed by atoms with E-state index in [1.165, 1.54) is 4.88 Å². The van der Waals surface area contributed by atoms with Gasteiger partial charge in [-0.15, -0.1) is 11.3 Å². The normalized spacial score (nSPS) is 12.5. The van der Waals surface area contributed by atoms with Gasteiger partial charge in [-0.2, -0.15) is 0 Å². The lowest BCUT2D eigenvalue weighted by Gasteiger charge is -2.18. The molecule has 2 N–H and O–H groups in total. The van der Waals surface area contributed by atoms with E-state index in [0.29, 0.717) is 25.1 Å². The highest BCUT2D eigenvalue weighted by atomic mass is 32.1. The average molecular weight is 406 g/mol. The first-order chi connectivity index (χ1) is 14.1. The monoisotopic (exact) mass is 405 g/mol. The molecule has 0 fully saturated rings. The molecule has 0 unspecified atom stereocenters. The first kappa shape index (κ1) is 19.2. The van der Waals surface area contributed by atoms with Gasteiger partial charge in [0.05, 0.1) is 0 Å². The summed E-state index contributed by atoms with van der Waals surface area (Å²) in [5, 5.41) is 7.98. The Morgan fingerprint density at radius 3 is 2.66 bits per heavy atom. The highest BCUT2D eigenvalue weighted by Crippen LogP contribution is 2.31. The number of rotatable bonds is 5. The Kier molecular flexibility index (Phi) is 5.62. The number of benzene rings is 2. The van der Waals surface area contributed by atoms with Crippen LogP contribution in [0.15, 0.2) is 60.0 Å². The number of nitrogens with zero attached hydrogens (tertiary/aromatic N) is 1. The predicted molar refractivity (Wildman–Crippen MR) is 118 cm³/mol. The van der Waals surface area contributed by atoms with Gasteiger partial charge in [0.15, 0.2) is 0 Å². The van der Waals surface area contributed by atoms with Crippen molar-refractivity contribution < 1.29 is 9.59 Å². The largest absolute Gasteiger partial charge is 0.352 e.